The fourth-order valence-electron chi connectivity index (χ4n) is 2.15. The molecule has 1 aromatic heterocycles. The summed E-state index contributed by atoms with van der Waals surface area (Å²) in [4.78, 5) is 11.8. The number of hydrogen-bond donors (Lipinski definition) is 1. The number of nitrogens with one attached hydrogen (secondary N) is 1. The monoisotopic (exact) mass is 289 g/mol. The van der Waals surface area contributed by atoms with Crippen LogP contribution < -0.4 is 5.32 Å². The molecule has 2 aromatic rings. The molecule has 112 valence electrons. The van der Waals surface area contributed by atoms with E-state index in [0.29, 0.717) is 0 Å². The second kappa shape index (κ2) is 6.08. The Morgan fingerprint density at radius 1 is 1.24 bits per heavy atom. The van der Waals surface area contributed by atoms with Gasteiger partial charge in [-0.3, -0.25) is 4.79 Å². The van der Waals surface area contributed by atoms with E-state index in [1.807, 2.05) is 27.7 Å². The number of benzene rings is 1. The highest BCUT2D eigenvalue weighted by Crippen LogP contribution is 2.20. The summed E-state index contributed by atoms with van der Waals surface area (Å²) in [6.07, 6.45) is 1.74. The third kappa shape index (κ3) is 3.29. The van der Waals surface area contributed by atoms with Crippen LogP contribution in [0.3, 0.4) is 0 Å². The highest BCUT2D eigenvalue weighted by atomic mass is 19.1. The fraction of sp³-hybridized carbons (Fsp3) is 0.375. The van der Waals surface area contributed by atoms with E-state index < -0.39 is 0 Å². The largest absolute Gasteiger partial charge is 0.349 e. The maximum Gasteiger partial charge on any atom is 0.223 e. The minimum absolute atomic E-state index is 0.0106. The summed E-state index contributed by atoms with van der Waals surface area (Å²) in [6, 6.07) is 6.04. The van der Waals surface area contributed by atoms with Gasteiger partial charge >= 0.3 is 0 Å². The summed E-state index contributed by atoms with van der Waals surface area (Å²) >= 11 is 0. The number of halogens is 1. The van der Waals surface area contributed by atoms with Gasteiger partial charge in [-0.25, -0.2) is 9.07 Å². The van der Waals surface area contributed by atoms with Crippen molar-refractivity contribution in [3.63, 3.8) is 0 Å². The van der Waals surface area contributed by atoms with Crippen molar-refractivity contribution in [1.29, 1.82) is 0 Å². The van der Waals surface area contributed by atoms with Crippen LogP contribution in [0.15, 0.2) is 30.5 Å². The molecule has 0 aliphatic heterocycles. The first-order chi connectivity index (χ1) is 9.90. The molecule has 1 amide bonds. The number of amides is 1. The van der Waals surface area contributed by atoms with E-state index in [-0.39, 0.29) is 23.7 Å². The summed E-state index contributed by atoms with van der Waals surface area (Å²) in [5.41, 5.74) is 2.68. The van der Waals surface area contributed by atoms with Gasteiger partial charge in [0.25, 0.3) is 0 Å². The van der Waals surface area contributed by atoms with Gasteiger partial charge in [-0.1, -0.05) is 13.8 Å². The molecule has 0 spiro atoms. The lowest BCUT2D eigenvalue weighted by Crippen LogP contribution is -2.30. The molecule has 1 N–H and O–H groups in total. The van der Waals surface area contributed by atoms with E-state index in [4.69, 9.17) is 0 Å². The Hall–Kier alpha value is -2.17. The van der Waals surface area contributed by atoms with Gasteiger partial charge in [-0.05, 0) is 38.1 Å². The first kappa shape index (κ1) is 15.2. The molecule has 0 saturated carbocycles. The molecule has 1 aromatic carbocycles. The summed E-state index contributed by atoms with van der Waals surface area (Å²) in [6.45, 7) is 7.58. The Bertz CT molecular complexity index is 631. The molecular weight excluding hydrogens is 269 g/mol. The smallest absolute Gasteiger partial charge is 0.223 e. The normalized spacial score (nSPS) is 12.5. The van der Waals surface area contributed by atoms with Crippen LogP contribution in [0.4, 0.5) is 4.39 Å². The summed E-state index contributed by atoms with van der Waals surface area (Å²) in [5, 5.41) is 7.29. The molecular formula is C16H20FN3O. The third-order valence-electron chi connectivity index (χ3n) is 3.47. The van der Waals surface area contributed by atoms with Crippen LogP contribution in [0, 0.1) is 18.7 Å². The van der Waals surface area contributed by atoms with Gasteiger partial charge in [0.05, 0.1) is 17.9 Å². The highest BCUT2D eigenvalue weighted by Gasteiger charge is 2.17. The van der Waals surface area contributed by atoms with Gasteiger partial charge in [0.2, 0.25) is 5.91 Å². The number of carbonyl (C=O) groups excluding carboxylic acids is 1. The van der Waals surface area contributed by atoms with Crippen molar-refractivity contribution in [3.05, 3.63) is 47.5 Å². The molecule has 0 aliphatic rings. The van der Waals surface area contributed by atoms with Crippen molar-refractivity contribution in [2.24, 2.45) is 5.92 Å². The topological polar surface area (TPSA) is 46.9 Å². The molecule has 0 radical (unpaired) electrons. The molecule has 5 heteroatoms. The van der Waals surface area contributed by atoms with E-state index in [0.717, 1.165) is 16.9 Å². The maximum absolute atomic E-state index is 13.0. The molecule has 21 heavy (non-hydrogen) atoms. The number of rotatable bonds is 4. The lowest BCUT2D eigenvalue weighted by Gasteiger charge is -2.15. The Labute approximate surface area is 124 Å². The van der Waals surface area contributed by atoms with Crippen LogP contribution in [-0.2, 0) is 4.79 Å². The van der Waals surface area contributed by atoms with Crippen molar-refractivity contribution in [2.45, 2.75) is 33.7 Å². The second-order valence-electron chi connectivity index (χ2n) is 5.46. The van der Waals surface area contributed by atoms with Gasteiger partial charge in [0.1, 0.15) is 5.82 Å². The van der Waals surface area contributed by atoms with E-state index in [1.54, 1.807) is 23.0 Å². The zero-order valence-electron chi connectivity index (χ0n) is 12.7. The van der Waals surface area contributed by atoms with E-state index >= 15 is 0 Å². The molecule has 0 fully saturated rings. The fourth-order valence-corrected chi connectivity index (χ4v) is 2.15. The molecule has 0 aliphatic carbocycles. The van der Waals surface area contributed by atoms with Crippen LogP contribution in [0.1, 0.15) is 38.1 Å². The maximum atomic E-state index is 13.0. The van der Waals surface area contributed by atoms with Crippen molar-refractivity contribution in [2.75, 3.05) is 0 Å². The number of aromatic nitrogens is 2. The molecule has 0 saturated heterocycles. The minimum atomic E-state index is -0.277. The summed E-state index contributed by atoms with van der Waals surface area (Å²) < 4.78 is 14.7. The second-order valence-corrected chi connectivity index (χ2v) is 5.46. The first-order valence-corrected chi connectivity index (χ1v) is 7.01. The van der Waals surface area contributed by atoms with Crippen LogP contribution in [-0.4, -0.2) is 15.7 Å². The Kier molecular flexibility index (Phi) is 4.40. The van der Waals surface area contributed by atoms with E-state index in [9.17, 15) is 9.18 Å². The van der Waals surface area contributed by atoms with Crippen molar-refractivity contribution in [3.8, 4) is 5.69 Å². The van der Waals surface area contributed by atoms with Crippen LogP contribution in [0.2, 0.25) is 0 Å². The SMILES string of the molecule is Cc1c([C@@H](C)NC(=O)C(C)C)cnn1-c1ccc(F)cc1. The Morgan fingerprint density at radius 2 is 1.86 bits per heavy atom. The van der Waals surface area contributed by atoms with Crippen LogP contribution in [0.5, 0.6) is 0 Å². The first-order valence-electron chi connectivity index (χ1n) is 7.01. The minimum Gasteiger partial charge on any atom is -0.349 e. The van der Waals surface area contributed by atoms with Gasteiger partial charge in [-0.15, -0.1) is 0 Å². The standard InChI is InChI=1S/C16H20FN3O/c1-10(2)16(21)19-11(3)15-9-18-20(12(15)4)14-7-5-13(17)6-8-14/h5-11H,1-4H3,(H,19,21)/t11-/m1/s1. The van der Waals surface area contributed by atoms with Gasteiger partial charge in [0, 0.05) is 17.2 Å². The van der Waals surface area contributed by atoms with Gasteiger partial charge < -0.3 is 5.32 Å². The van der Waals surface area contributed by atoms with Crippen molar-refractivity contribution < 1.29 is 9.18 Å². The zero-order valence-corrected chi connectivity index (χ0v) is 12.7. The molecule has 0 bridgehead atoms. The van der Waals surface area contributed by atoms with Gasteiger partial charge in [0.15, 0.2) is 0 Å². The predicted octanol–water partition coefficient (Wildman–Crippen LogP) is 3.15. The lowest BCUT2D eigenvalue weighted by atomic mass is 10.1. The molecule has 0 unspecified atom stereocenters. The molecule has 2 rings (SSSR count). The van der Waals surface area contributed by atoms with Gasteiger partial charge in [-0.2, -0.15) is 5.10 Å². The average molecular weight is 289 g/mol. The molecule has 1 atom stereocenters. The Morgan fingerprint density at radius 3 is 2.43 bits per heavy atom. The van der Waals surface area contributed by atoms with Crippen LogP contribution in [0.25, 0.3) is 5.69 Å². The lowest BCUT2D eigenvalue weighted by molar-refractivity contribution is -0.124. The number of hydrogen-bond acceptors (Lipinski definition) is 2. The third-order valence-corrected chi connectivity index (χ3v) is 3.47. The summed E-state index contributed by atoms with van der Waals surface area (Å²) in [5.74, 6) is -0.322. The van der Waals surface area contributed by atoms with Crippen LogP contribution >= 0.6 is 0 Å². The average Bonchev–Trinajstić information content (AvgIpc) is 2.81. The highest BCUT2D eigenvalue weighted by molar-refractivity contribution is 5.78. The van der Waals surface area contributed by atoms with E-state index in [1.165, 1.54) is 12.1 Å². The number of nitrogens with zero attached hydrogens (tertiary/aromatic N) is 2. The van der Waals surface area contributed by atoms with Crippen molar-refractivity contribution in [1.82, 2.24) is 15.1 Å². The summed E-state index contributed by atoms with van der Waals surface area (Å²) in [7, 11) is 0. The Balaban J connectivity index is 2.24. The predicted molar refractivity (Wildman–Crippen MR) is 79.7 cm³/mol. The zero-order chi connectivity index (χ0) is 15.6. The molecule has 4 nitrogen and oxygen atoms in total. The quantitative estimate of drug-likeness (QED) is 0.940. The molecule has 1 heterocycles. The van der Waals surface area contributed by atoms with Crippen molar-refractivity contribution >= 4 is 5.91 Å². The number of carbonyl (C=O) groups is 1. The van der Waals surface area contributed by atoms with E-state index in [2.05, 4.69) is 10.4 Å².